The van der Waals surface area contributed by atoms with Crippen molar-refractivity contribution in [2.75, 3.05) is 0 Å². The Balaban J connectivity index is 1.97. The summed E-state index contributed by atoms with van der Waals surface area (Å²) in [6, 6.07) is 12.0. The summed E-state index contributed by atoms with van der Waals surface area (Å²) in [4.78, 5) is 4.29. The number of benzene rings is 1. The maximum atomic E-state index is 13.4. The number of aromatic nitrogens is 1. The van der Waals surface area contributed by atoms with Crippen LogP contribution in [0.15, 0.2) is 65.1 Å². The number of rotatable bonds is 6. The molecule has 0 bridgehead atoms. The molecule has 1 aromatic carbocycles. The van der Waals surface area contributed by atoms with E-state index in [-0.39, 0.29) is 4.90 Å². The van der Waals surface area contributed by atoms with Crippen LogP contribution in [-0.2, 0) is 10.0 Å². The first kappa shape index (κ1) is 18.7. The topological polar surface area (TPSA) is 59.1 Å². The molecule has 0 fully saturated rings. The van der Waals surface area contributed by atoms with E-state index >= 15 is 0 Å². The van der Waals surface area contributed by atoms with Crippen molar-refractivity contribution in [1.82, 2.24) is 9.71 Å². The van der Waals surface area contributed by atoms with Gasteiger partial charge in [-0.3, -0.25) is 4.98 Å². The summed E-state index contributed by atoms with van der Waals surface area (Å²) in [6.07, 6.45) is 2.11. The molecule has 136 valence electrons. The predicted octanol–water partition coefficient (Wildman–Crippen LogP) is 4.47. The van der Waals surface area contributed by atoms with Crippen molar-refractivity contribution < 1.29 is 12.8 Å². The summed E-state index contributed by atoms with van der Waals surface area (Å²) in [5, 5.41) is 1.89. The fourth-order valence-corrected chi connectivity index (χ4v) is 4.64. The Morgan fingerprint density at radius 1 is 1.08 bits per heavy atom. The lowest BCUT2D eigenvalue weighted by atomic mass is 9.99. The third kappa shape index (κ3) is 4.17. The Hall–Kier alpha value is -2.09. The molecule has 0 aliphatic heterocycles. The van der Waals surface area contributed by atoms with Gasteiger partial charge >= 0.3 is 0 Å². The predicted molar refractivity (Wildman–Crippen MR) is 101 cm³/mol. The second-order valence-electron chi connectivity index (χ2n) is 6.23. The molecule has 26 heavy (non-hydrogen) atoms. The van der Waals surface area contributed by atoms with Crippen molar-refractivity contribution in [2.24, 2.45) is 0 Å². The van der Waals surface area contributed by atoms with Gasteiger partial charge in [0.2, 0.25) is 10.0 Å². The SMILES string of the molecule is CC(C)c1ccc(C(NS(=O)(=O)c2cncc(F)c2)c2cccs2)cc1. The van der Waals surface area contributed by atoms with E-state index in [1.807, 2.05) is 41.8 Å². The number of hydrogen-bond donors (Lipinski definition) is 1. The lowest BCUT2D eigenvalue weighted by Crippen LogP contribution is -2.29. The van der Waals surface area contributed by atoms with Crippen LogP contribution in [0.3, 0.4) is 0 Å². The van der Waals surface area contributed by atoms with Gasteiger partial charge in [-0.05, 0) is 34.6 Å². The summed E-state index contributed by atoms with van der Waals surface area (Å²) in [5.41, 5.74) is 2.00. The van der Waals surface area contributed by atoms with Gasteiger partial charge in [-0.25, -0.2) is 12.8 Å². The van der Waals surface area contributed by atoms with Crippen LogP contribution in [0.2, 0.25) is 0 Å². The molecule has 0 saturated carbocycles. The molecule has 1 atom stereocenters. The average molecular weight is 391 g/mol. The smallest absolute Gasteiger partial charge is 0.243 e. The van der Waals surface area contributed by atoms with Crippen molar-refractivity contribution in [3.05, 3.63) is 82.1 Å². The Morgan fingerprint density at radius 2 is 1.77 bits per heavy atom. The van der Waals surface area contributed by atoms with Gasteiger partial charge < -0.3 is 0 Å². The van der Waals surface area contributed by atoms with Crippen LogP contribution in [0.25, 0.3) is 0 Å². The number of pyridine rings is 1. The first-order valence-corrected chi connectivity index (χ1v) is 10.5. The Morgan fingerprint density at radius 3 is 2.35 bits per heavy atom. The highest BCUT2D eigenvalue weighted by molar-refractivity contribution is 7.89. The van der Waals surface area contributed by atoms with Crippen LogP contribution in [0.5, 0.6) is 0 Å². The van der Waals surface area contributed by atoms with Crippen molar-refractivity contribution >= 4 is 21.4 Å². The highest BCUT2D eigenvalue weighted by atomic mass is 32.2. The minimum Gasteiger partial charge on any atom is -0.260 e. The van der Waals surface area contributed by atoms with Crippen molar-refractivity contribution in [3.63, 3.8) is 0 Å². The third-order valence-corrected chi connectivity index (χ3v) is 6.35. The summed E-state index contributed by atoms with van der Waals surface area (Å²) in [7, 11) is -3.93. The quantitative estimate of drug-likeness (QED) is 0.675. The number of halogens is 1. The van der Waals surface area contributed by atoms with Gasteiger partial charge in [-0.15, -0.1) is 11.3 Å². The van der Waals surface area contributed by atoms with E-state index < -0.39 is 21.9 Å². The van der Waals surface area contributed by atoms with E-state index in [9.17, 15) is 12.8 Å². The van der Waals surface area contributed by atoms with Crippen LogP contribution >= 0.6 is 11.3 Å². The molecule has 3 aromatic rings. The molecule has 1 N–H and O–H groups in total. The lowest BCUT2D eigenvalue weighted by Gasteiger charge is -2.19. The molecular weight excluding hydrogens is 371 g/mol. The number of nitrogens with one attached hydrogen (secondary N) is 1. The van der Waals surface area contributed by atoms with E-state index in [2.05, 4.69) is 23.6 Å². The maximum absolute atomic E-state index is 13.4. The van der Waals surface area contributed by atoms with Gasteiger partial charge in [-0.1, -0.05) is 44.2 Å². The molecule has 0 amide bonds. The Bertz CT molecular complexity index is 969. The third-order valence-electron chi connectivity index (χ3n) is 4.03. The molecule has 4 nitrogen and oxygen atoms in total. The van der Waals surface area contributed by atoms with Gasteiger partial charge in [0, 0.05) is 11.1 Å². The molecule has 2 aromatic heterocycles. The molecular formula is C19H19FN2O2S2. The van der Waals surface area contributed by atoms with Gasteiger partial charge in [0.05, 0.1) is 12.2 Å². The molecule has 0 radical (unpaired) electrons. The van der Waals surface area contributed by atoms with E-state index in [0.717, 1.165) is 28.9 Å². The van der Waals surface area contributed by atoms with Crippen LogP contribution in [0.1, 0.15) is 41.8 Å². The highest BCUT2D eigenvalue weighted by Crippen LogP contribution is 2.29. The first-order chi connectivity index (χ1) is 12.4. The minimum absolute atomic E-state index is 0.196. The molecule has 2 heterocycles. The number of nitrogens with zero attached hydrogens (tertiary/aromatic N) is 1. The fraction of sp³-hybridized carbons (Fsp3) is 0.211. The maximum Gasteiger partial charge on any atom is 0.243 e. The molecule has 0 spiro atoms. The number of hydrogen-bond acceptors (Lipinski definition) is 4. The van der Waals surface area contributed by atoms with Gasteiger partial charge in [0.15, 0.2) is 0 Å². The summed E-state index contributed by atoms with van der Waals surface area (Å²) in [5.74, 6) is -0.305. The normalized spacial score (nSPS) is 13.1. The summed E-state index contributed by atoms with van der Waals surface area (Å²) >= 11 is 1.46. The molecule has 1 unspecified atom stereocenters. The van der Waals surface area contributed by atoms with Crippen molar-refractivity contribution in [3.8, 4) is 0 Å². The van der Waals surface area contributed by atoms with Crippen LogP contribution in [0, 0.1) is 5.82 Å². The van der Waals surface area contributed by atoms with Gasteiger partial charge in [0.1, 0.15) is 10.7 Å². The molecule has 0 saturated heterocycles. The van der Waals surface area contributed by atoms with Crippen molar-refractivity contribution in [2.45, 2.75) is 30.7 Å². The van der Waals surface area contributed by atoms with Gasteiger partial charge in [-0.2, -0.15) is 4.72 Å². The highest BCUT2D eigenvalue weighted by Gasteiger charge is 2.24. The number of sulfonamides is 1. The molecule has 7 heteroatoms. The van der Waals surface area contributed by atoms with Gasteiger partial charge in [0.25, 0.3) is 0 Å². The Kier molecular flexibility index (Phi) is 5.50. The second kappa shape index (κ2) is 7.65. The second-order valence-corrected chi connectivity index (χ2v) is 8.92. The zero-order valence-electron chi connectivity index (χ0n) is 14.4. The van der Waals surface area contributed by atoms with Crippen LogP contribution < -0.4 is 4.72 Å². The largest absolute Gasteiger partial charge is 0.260 e. The zero-order valence-corrected chi connectivity index (χ0v) is 16.0. The van der Waals surface area contributed by atoms with Crippen molar-refractivity contribution in [1.29, 1.82) is 0 Å². The van der Waals surface area contributed by atoms with Crippen LogP contribution in [0.4, 0.5) is 4.39 Å². The van der Waals surface area contributed by atoms with E-state index in [1.165, 1.54) is 16.9 Å². The Labute approximate surface area is 156 Å². The lowest BCUT2D eigenvalue weighted by molar-refractivity contribution is 0.568. The van der Waals surface area contributed by atoms with Crippen LogP contribution in [-0.4, -0.2) is 13.4 Å². The fourth-order valence-electron chi connectivity index (χ4n) is 2.58. The number of thiophene rings is 1. The molecule has 0 aliphatic carbocycles. The first-order valence-electron chi connectivity index (χ1n) is 8.13. The standard InChI is InChI=1S/C19H19FN2O2S2/c1-13(2)14-5-7-15(8-6-14)19(18-4-3-9-25-18)22-26(23,24)17-10-16(20)11-21-12-17/h3-13,19,22H,1-2H3. The minimum atomic E-state index is -3.93. The summed E-state index contributed by atoms with van der Waals surface area (Å²) < 4.78 is 41.5. The molecule has 0 aliphatic rings. The average Bonchev–Trinajstić information content (AvgIpc) is 3.14. The van der Waals surface area contributed by atoms with E-state index in [1.54, 1.807) is 0 Å². The monoisotopic (exact) mass is 390 g/mol. The molecule has 3 rings (SSSR count). The summed E-state index contributed by atoms with van der Waals surface area (Å²) in [6.45, 7) is 4.21. The van der Waals surface area contributed by atoms with E-state index in [0.29, 0.717) is 5.92 Å². The zero-order chi connectivity index (χ0) is 18.7. The van der Waals surface area contributed by atoms with E-state index in [4.69, 9.17) is 0 Å².